The maximum absolute atomic E-state index is 11.2. The molecule has 0 aromatic rings. The van der Waals surface area contributed by atoms with Gasteiger partial charge in [-0.3, -0.25) is 0 Å². The highest BCUT2D eigenvalue weighted by atomic mass is 35.7. The van der Waals surface area contributed by atoms with Crippen molar-refractivity contribution in [1.29, 1.82) is 0 Å². The molecule has 2 rings (SSSR count). The molecule has 1 aliphatic heterocycles. The second-order valence-electron chi connectivity index (χ2n) is 3.96. The summed E-state index contributed by atoms with van der Waals surface area (Å²) >= 11 is 0. The smallest absolute Gasteiger partial charge is 0.238 e. The third-order valence-corrected chi connectivity index (χ3v) is 5.54. The molecular formula is C8H13ClO3S. The normalized spacial score (nSPS) is 31.9. The Morgan fingerprint density at radius 3 is 2.54 bits per heavy atom. The van der Waals surface area contributed by atoms with Crippen molar-refractivity contribution in [3.63, 3.8) is 0 Å². The van der Waals surface area contributed by atoms with Gasteiger partial charge in [0.15, 0.2) is 0 Å². The van der Waals surface area contributed by atoms with Gasteiger partial charge in [-0.25, -0.2) is 8.42 Å². The van der Waals surface area contributed by atoms with E-state index in [2.05, 4.69) is 0 Å². The van der Waals surface area contributed by atoms with Gasteiger partial charge >= 0.3 is 0 Å². The third-order valence-electron chi connectivity index (χ3n) is 2.95. The van der Waals surface area contributed by atoms with Crippen LogP contribution in [0, 0.1) is 0 Å². The number of halogens is 1. The average Bonchev–Trinajstić information content (AvgIpc) is 2.59. The summed E-state index contributed by atoms with van der Waals surface area (Å²) in [5, 5.41) is 0. The lowest BCUT2D eigenvalue weighted by Crippen LogP contribution is -2.24. The van der Waals surface area contributed by atoms with Crippen LogP contribution < -0.4 is 0 Å². The van der Waals surface area contributed by atoms with E-state index in [1.165, 1.54) is 0 Å². The van der Waals surface area contributed by atoms with E-state index in [1.54, 1.807) is 0 Å². The first-order chi connectivity index (χ1) is 6.04. The molecule has 13 heavy (non-hydrogen) atoms. The van der Waals surface area contributed by atoms with E-state index in [-0.39, 0.29) is 6.10 Å². The molecule has 1 atom stereocenters. The van der Waals surface area contributed by atoms with Gasteiger partial charge in [-0.1, -0.05) is 0 Å². The van der Waals surface area contributed by atoms with Gasteiger partial charge in [-0.15, -0.1) is 0 Å². The molecular weight excluding hydrogens is 212 g/mol. The summed E-state index contributed by atoms with van der Waals surface area (Å²) in [5.74, 6) is 0. The van der Waals surface area contributed by atoms with Crippen LogP contribution in [0.4, 0.5) is 0 Å². The van der Waals surface area contributed by atoms with Crippen LogP contribution in [0.25, 0.3) is 0 Å². The van der Waals surface area contributed by atoms with Crippen molar-refractivity contribution < 1.29 is 13.2 Å². The summed E-state index contributed by atoms with van der Waals surface area (Å²) in [6.45, 7) is 0.767. The monoisotopic (exact) mass is 224 g/mol. The zero-order valence-electron chi connectivity index (χ0n) is 7.33. The van der Waals surface area contributed by atoms with Gasteiger partial charge in [0.05, 0.1) is 10.9 Å². The fourth-order valence-corrected chi connectivity index (χ4v) is 3.53. The van der Waals surface area contributed by atoms with Gasteiger partial charge in [0.2, 0.25) is 9.05 Å². The molecule has 2 aliphatic rings. The summed E-state index contributed by atoms with van der Waals surface area (Å²) in [7, 11) is 2.00. The number of hydrogen-bond donors (Lipinski definition) is 0. The summed E-state index contributed by atoms with van der Waals surface area (Å²) in [4.78, 5) is 0. The maximum atomic E-state index is 11.2. The van der Waals surface area contributed by atoms with Crippen molar-refractivity contribution in [2.45, 2.75) is 43.0 Å². The van der Waals surface area contributed by atoms with Crippen LogP contribution in [0.1, 0.15) is 32.1 Å². The quantitative estimate of drug-likeness (QED) is 0.685. The number of hydrogen-bond acceptors (Lipinski definition) is 3. The first-order valence-electron chi connectivity index (χ1n) is 4.59. The molecule has 0 aromatic heterocycles. The Morgan fingerprint density at radius 1 is 1.46 bits per heavy atom. The standard InChI is InChI=1S/C8H13ClO3S/c9-13(10,11)8(3-4-8)6-7-2-1-5-12-7/h7H,1-6H2/t7-/m0/s1. The first-order valence-corrected chi connectivity index (χ1v) is 6.90. The van der Waals surface area contributed by atoms with E-state index >= 15 is 0 Å². The van der Waals surface area contributed by atoms with Crippen LogP contribution in [0.3, 0.4) is 0 Å². The van der Waals surface area contributed by atoms with Crippen molar-refractivity contribution >= 4 is 19.7 Å². The predicted octanol–water partition coefficient (Wildman–Crippen LogP) is 1.66. The van der Waals surface area contributed by atoms with Crippen molar-refractivity contribution in [3.05, 3.63) is 0 Å². The van der Waals surface area contributed by atoms with Crippen molar-refractivity contribution in [2.24, 2.45) is 0 Å². The number of rotatable bonds is 3. The average molecular weight is 225 g/mol. The van der Waals surface area contributed by atoms with Crippen LogP contribution in [-0.2, 0) is 13.8 Å². The predicted molar refractivity (Wildman–Crippen MR) is 50.3 cm³/mol. The molecule has 3 nitrogen and oxygen atoms in total. The van der Waals surface area contributed by atoms with Gasteiger partial charge in [0.25, 0.3) is 0 Å². The third kappa shape index (κ3) is 1.85. The van der Waals surface area contributed by atoms with Gasteiger partial charge in [-0.2, -0.15) is 0 Å². The first kappa shape index (κ1) is 9.74. The Morgan fingerprint density at radius 2 is 2.15 bits per heavy atom. The van der Waals surface area contributed by atoms with Crippen molar-refractivity contribution in [2.75, 3.05) is 6.61 Å². The minimum absolute atomic E-state index is 0.121. The molecule has 0 amide bonds. The van der Waals surface area contributed by atoms with Crippen LogP contribution in [0.5, 0.6) is 0 Å². The highest BCUT2D eigenvalue weighted by molar-refractivity contribution is 8.15. The maximum Gasteiger partial charge on any atom is 0.238 e. The van der Waals surface area contributed by atoms with Crippen LogP contribution in [0.2, 0.25) is 0 Å². The van der Waals surface area contributed by atoms with E-state index in [4.69, 9.17) is 15.4 Å². The highest BCUT2D eigenvalue weighted by Crippen LogP contribution is 2.50. The topological polar surface area (TPSA) is 43.4 Å². The van der Waals surface area contributed by atoms with Gasteiger partial charge in [0.1, 0.15) is 0 Å². The Hall–Kier alpha value is 0.200. The molecule has 2 fully saturated rings. The lowest BCUT2D eigenvalue weighted by molar-refractivity contribution is 0.102. The molecule has 1 heterocycles. The van der Waals surface area contributed by atoms with Gasteiger partial charge < -0.3 is 4.74 Å². The fourth-order valence-electron chi connectivity index (χ4n) is 1.91. The zero-order valence-corrected chi connectivity index (χ0v) is 8.90. The van der Waals surface area contributed by atoms with Crippen LogP contribution in [0.15, 0.2) is 0 Å². The summed E-state index contributed by atoms with van der Waals surface area (Å²) in [6, 6.07) is 0. The Kier molecular flexibility index (Phi) is 2.33. The van der Waals surface area contributed by atoms with Crippen molar-refractivity contribution in [3.8, 4) is 0 Å². The Balaban J connectivity index is 2.01. The molecule has 1 aliphatic carbocycles. The SMILES string of the molecule is O=S(=O)(Cl)C1(C[C@@H]2CCCO2)CC1. The molecule has 0 aromatic carbocycles. The lowest BCUT2D eigenvalue weighted by atomic mass is 10.1. The van der Waals surface area contributed by atoms with Gasteiger partial charge in [-0.05, 0) is 32.1 Å². The molecule has 76 valence electrons. The van der Waals surface area contributed by atoms with Crippen LogP contribution in [-0.4, -0.2) is 25.9 Å². The minimum Gasteiger partial charge on any atom is -0.378 e. The summed E-state index contributed by atoms with van der Waals surface area (Å²) < 4.78 is 27.2. The van der Waals surface area contributed by atoms with E-state index in [1.807, 2.05) is 0 Å². The molecule has 0 bridgehead atoms. The molecule has 0 radical (unpaired) electrons. The second-order valence-corrected chi connectivity index (χ2v) is 6.92. The summed E-state index contributed by atoms with van der Waals surface area (Å²) in [6.07, 6.45) is 4.16. The van der Waals surface area contributed by atoms with E-state index in [0.29, 0.717) is 19.3 Å². The van der Waals surface area contributed by atoms with Gasteiger partial charge in [0, 0.05) is 17.3 Å². The van der Waals surface area contributed by atoms with Crippen molar-refractivity contribution in [1.82, 2.24) is 0 Å². The summed E-state index contributed by atoms with van der Waals surface area (Å²) in [5.41, 5.74) is 0. The highest BCUT2D eigenvalue weighted by Gasteiger charge is 2.55. The molecule has 1 saturated heterocycles. The Bertz CT molecular complexity index is 289. The molecule has 1 saturated carbocycles. The number of ether oxygens (including phenoxy) is 1. The van der Waals surface area contributed by atoms with E-state index in [0.717, 1.165) is 19.4 Å². The second kappa shape index (κ2) is 3.11. The fraction of sp³-hybridized carbons (Fsp3) is 1.00. The Labute approximate surface area is 82.8 Å². The van der Waals surface area contributed by atoms with E-state index in [9.17, 15) is 8.42 Å². The molecule has 0 spiro atoms. The molecule has 0 N–H and O–H groups in total. The van der Waals surface area contributed by atoms with E-state index < -0.39 is 13.8 Å². The largest absolute Gasteiger partial charge is 0.378 e. The van der Waals surface area contributed by atoms with Crippen LogP contribution >= 0.6 is 10.7 Å². The minimum atomic E-state index is -3.39. The molecule has 5 heteroatoms. The molecule has 0 unspecified atom stereocenters. The lowest BCUT2D eigenvalue weighted by Gasteiger charge is -2.15. The zero-order chi connectivity index (χ0) is 9.53.